The lowest BCUT2D eigenvalue weighted by Crippen LogP contribution is -2.24. The normalized spacial score (nSPS) is 11.9. The minimum Gasteiger partial charge on any atom is -0.391 e. The van der Waals surface area contributed by atoms with Crippen molar-refractivity contribution < 1.29 is 13.5 Å². The van der Waals surface area contributed by atoms with Crippen molar-refractivity contribution in [1.29, 1.82) is 0 Å². The van der Waals surface area contributed by atoms with Crippen molar-refractivity contribution in [1.82, 2.24) is 4.72 Å². The zero-order valence-electron chi connectivity index (χ0n) is 10.2. The van der Waals surface area contributed by atoms with Crippen LogP contribution in [-0.4, -0.2) is 20.1 Å². The quantitative estimate of drug-likeness (QED) is 0.749. The second-order valence-corrected chi connectivity index (χ2v) is 6.97. The molecule has 0 aliphatic rings. The van der Waals surface area contributed by atoms with Crippen molar-refractivity contribution in [2.45, 2.75) is 44.6 Å². The lowest BCUT2D eigenvalue weighted by Gasteiger charge is -2.05. The zero-order valence-corrected chi connectivity index (χ0v) is 11.8. The molecule has 0 aliphatic carbocycles. The van der Waals surface area contributed by atoms with E-state index in [0.29, 0.717) is 16.3 Å². The predicted molar refractivity (Wildman–Crippen MR) is 69.7 cm³/mol. The van der Waals surface area contributed by atoms with Crippen LogP contribution in [-0.2, 0) is 16.6 Å². The summed E-state index contributed by atoms with van der Waals surface area (Å²) >= 11 is 1.32. The van der Waals surface area contributed by atoms with E-state index in [2.05, 4.69) is 11.6 Å². The first-order valence-corrected chi connectivity index (χ1v) is 8.01. The molecule has 0 aromatic carbocycles. The average Bonchev–Trinajstić information content (AvgIpc) is 2.67. The Morgan fingerprint density at radius 2 is 2.12 bits per heavy atom. The van der Waals surface area contributed by atoms with E-state index in [1.807, 2.05) is 0 Å². The Kier molecular flexibility index (Phi) is 5.58. The van der Waals surface area contributed by atoms with Crippen LogP contribution in [0.1, 0.15) is 35.9 Å². The predicted octanol–water partition coefficient (Wildman–Crippen LogP) is 2.02. The third-order valence-electron chi connectivity index (χ3n) is 2.44. The number of aliphatic hydroxyl groups is 1. The Balaban J connectivity index is 2.72. The van der Waals surface area contributed by atoms with Gasteiger partial charge in [-0.25, -0.2) is 13.1 Å². The third-order valence-corrected chi connectivity index (χ3v) is 5.19. The Bertz CT molecular complexity index is 451. The number of nitrogens with one attached hydrogen (secondary N) is 1. The first-order valence-electron chi connectivity index (χ1n) is 5.71. The van der Waals surface area contributed by atoms with Crippen molar-refractivity contribution >= 4 is 21.4 Å². The Hall–Kier alpha value is -0.430. The van der Waals surface area contributed by atoms with E-state index in [-0.39, 0.29) is 6.61 Å². The molecule has 0 radical (unpaired) electrons. The van der Waals surface area contributed by atoms with Crippen molar-refractivity contribution in [2.75, 3.05) is 6.54 Å². The molecule has 0 unspecified atom stereocenters. The van der Waals surface area contributed by atoms with Gasteiger partial charge in [-0.3, -0.25) is 0 Å². The van der Waals surface area contributed by atoms with E-state index < -0.39 is 10.0 Å². The summed E-state index contributed by atoms with van der Waals surface area (Å²) < 4.78 is 26.5. The summed E-state index contributed by atoms with van der Waals surface area (Å²) in [6.45, 7) is 4.19. The van der Waals surface area contributed by atoms with Crippen LogP contribution in [0, 0.1) is 6.92 Å². The van der Waals surface area contributed by atoms with Crippen molar-refractivity contribution in [3.05, 3.63) is 15.8 Å². The topological polar surface area (TPSA) is 66.4 Å². The molecule has 98 valence electrons. The van der Waals surface area contributed by atoms with Crippen LogP contribution in [0.15, 0.2) is 11.0 Å². The first-order chi connectivity index (χ1) is 8.01. The number of hydrogen-bond acceptors (Lipinski definition) is 4. The van der Waals surface area contributed by atoms with Gasteiger partial charge in [-0.1, -0.05) is 19.8 Å². The highest BCUT2D eigenvalue weighted by molar-refractivity contribution is 7.89. The minimum absolute atomic E-state index is 0.114. The van der Waals surface area contributed by atoms with Crippen LogP contribution in [0.4, 0.5) is 0 Å². The highest BCUT2D eigenvalue weighted by Gasteiger charge is 2.18. The molecule has 0 spiro atoms. The molecule has 0 fully saturated rings. The monoisotopic (exact) mass is 277 g/mol. The van der Waals surface area contributed by atoms with Gasteiger partial charge in [-0.15, -0.1) is 11.3 Å². The Morgan fingerprint density at radius 3 is 2.65 bits per heavy atom. The van der Waals surface area contributed by atoms with Crippen molar-refractivity contribution in [3.8, 4) is 0 Å². The smallest absolute Gasteiger partial charge is 0.241 e. The van der Waals surface area contributed by atoms with Crippen LogP contribution in [0.5, 0.6) is 0 Å². The summed E-state index contributed by atoms with van der Waals surface area (Å²) in [5.41, 5.74) is 0. The van der Waals surface area contributed by atoms with E-state index in [4.69, 9.17) is 5.11 Å². The number of rotatable bonds is 7. The molecular formula is C11H19NO3S2. The molecule has 1 rings (SSSR count). The van der Waals surface area contributed by atoms with Crippen molar-refractivity contribution in [2.24, 2.45) is 0 Å². The standard InChI is InChI=1S/C11H19NO3S2/c1-3-4-5-6-12-17(14,15)11-7-10(8-13)16-9(11)2/h7,12-13H,3-6,8H2,1-2H3. The van der Waals surface area contributed by atoms with Gasteiger partial charge in [0.05, 0.1) is 11.5 Å². The molecule has 1 aromatic rings. The fourth-order valence-electron chi connectivity index (χ4n) is 1.53. The summed E-state index contributed by atoms with van der Waals surface area (Å²) in [4.78, 5) is 1.69. The number of aryl methyl sites for hydroxylation is 1. The van der Waals surface area contributed by atoms with Crippen LogP contribution in [0.2, 0.25) is 0 Å². The molecule has 0 saturated heterocycles. The van der Waals surface area contributed by atoms with Gasteiger partial charge < -0.3 is 5.11 Å². The van der Waals surface area contributed by atoms with E-state index >= 15 is 0 Å². The Morgan fingerprint density at radius 1 is 1.41 bits per heavy atom. The molecule has 0 bridgehead atoms. The maximum Gasteiger partial charge on any atom is 0.241 e. The summed E-state index contributed by atoms with van der Waals surface area (Å²) in [6.07, 6.45) is 2.94. The highest BCUT2D eigenvalue weighted by Crippen LogP contribution is 2.25. The van der Waals surface area contributed by atoms with Gasteiger partial charge >= 0.3 is 0 Å². The molecule has 4 nitrogen and oxygen atoms in total. The first kappa shape index (κ1) is 14.6. The van der Waals surface area contributed by atoms with Gasteiger partial charge in [-0.05, 0) is 19.4 Å². The summed E-state index contributed by atoms with van der Waals surface area (Å²) in [5, 5.41) is 8.98. The molecule has 0 amide bonds. The zero-order chi connectivity index (χ0) is 12.9. The molecule has 1 aromatic heterocycles. The lowest BCUT2D eigenvalue weighted by atomic mass is 10.3. The summed E-state index contributed by atoms with van der Waals surface area (Å²) in [5.74, 6) is 0. The average molecular weight is 277 g/mol. The van der Waals surface area contributed by atoms with Crippen molar-refractivity contribution in [3.63, 3.8) is 0 Å². The second-order valence-electron chi connectivity index (χ2n) is 3.90. The van der Waals surface area contributed by atoms with Gasteiger partial charge in [0.1, 0.15) is 0 Å². The summed E-state index contributed by atoms with van der Waals surface area (Å²) in [6, 6.07) is 1.54. The number of sulfonamides is 1. The van der Waals surface area contributed by atoms with E-state index in [1.54, 1.807) is 13.0 Å². The fraction of sp³-hybridized carbons (Fsp3) is 0.636. The largest absolute Gasteiger partial charge is 0.391 e. The SMILES string of the molecule is CCCCCNS(=O)(=O)c1cc(CO)sc1C. The van der Waals surface area contributed by atoms with Crippen LogP contribution < -0.4 is 4.72 Å². The Labute approximate surface area is 107 Å². The number of thiophene rings is 1. The van der Waals surface area contributed by atoms with Gasteiger partial charge in [-0.2, -0.15) is 0 Å². The van der Waals surface area contributed by atoms with E-state index in [0.717, 1.165) is 24.1 Å². The third kappa shape index (κ3) is 4.06. The van der Waals surface area contributed by atoms with E-state index in [9.17, 15) is 8.42 Å². The molecule has 17 heavy (non-hydrogen) atoms. The molecule has 0 saturated carbocycles. The van der Waals surface area contributed by atoms with Gasteiger partial charge in [0.15, 0.2) is 0 Å². The highest BCUT2D eigenvalue weighted by atomic mass is 32.2. The maximum atomic E-state index is 12.0. The minimum atomic E-state index is -3.41. The number of aliphatic hydroxyl groups excluding tert-OH is 1. The lowest BCUT2D eigenvalue weighted by molar-refractivity contribution is 0.285. The molecule has 0 atom stereocenters. The molecular weight excluding hydrogens is 258 g/mol. The number of hydrogen-bond donors (Lipinski definition) is 2. The number of unbranched alkanes of at least 4 members (excludes halogenated alkanes) is 2. The summed E-state index contributed by atoms with van der Waals surface area (Å²) in [7, 11) is -3.41. The molecule has 1 heterocycles. The van der Waals surface area contributed by atoms with E-state index in [1.165, 1.54) is 11.3 Å². The van der Waals surface area contributed by atoms with Gasteiger partial charge in [0.25, 0.3) is 0 Å². The molecule has 2 N–H and O–H groups in total. The van der Waals surface area contributed by atoms with Crippen LogP contribution in [0.25, 0.3) is 0 Å². The van der Waals surface area contributed by atoms with Gasteiger partial charge in [0.2, 0.25) is 10.0 Å². The molecule has 0 aliphatic heterocycles. The fourth-order valence-corrected chi connectivity index (χ4v) is 4.10. The maximum absolute atomic E-state index is 12.0. The molecule has 6 heteroatoms. The second kappa shape index (κ2) is 6.49. The van der Waals surface area contributed by atoms with Crippen LogP contribution in [0.3, 0.4) is 0 Å². The van der Waals surface area contributed by atoms with Gasteiger partial charge in [0, 0.05) is 16.3 Å². The van der Waals surface area contributed by atoms with Crippen LogP contribution >= 0.6 is 11.3 Å².